The molecule has 0 fully saturated rings. The van der Waals surface area contributed by atoms with Crippen molar-refractivity contribution in [3.05, 3.63) is 62.7 Å². The van der Waals surface area contributed by atoms with Gasteiger partial charge in [-0.2, -0.15) is 0 Å². The van der Waals surface area contributed by atoms with Gasteiger partial charge in [0.15, 0.2) is 5.78 Å². The smallest absolute Gasteiger partial charge is 0.170 e. The van der Waals surface area contributed by atoms with E-state index in [1.165, 1.54) is 16.7 Å². The number of nitrogens with zero attached hydrogens (tertiary/aromatic N) is 1. The summed E-state index contributed by atoms with van der Waals surface area (Å²) in [5, 5.41) is 9.80. The number of allylic oxidation sites excluding steroid dienone is 1. The van der Waals surface area contributed by atoms with Crippen LogP contribution in [0.25, 0.3) is 22.6 Å². The van der Waals surface area contributed by atoms with E-state index in [0.29, 0.717) is 17.2 Å². The van der Waals surface area contributed by atoms with Crippen LogP contribution in [0.4, 0.5) is 0 Å². The van der Waals surface area contributed by atoms with Gasteiger partial charge in [0.1, 0.15) is 12.4 Å². The number of aromatic amines is 1. The summed E-state index contributed by atoms with van der Waals surface area (Å²) in [7, 11) is 6.49. The minimum Gasteiger partial charge on any atom is -0.554 e. The second-order valence-electron chi connectivity index (χ2n) is 9.64. The molecule has 1 aliphatic carbocycles. The standard InChI is InChI=1S/C26H29BrClN2O2.CH2O2/c1-30(2,3)9-5-4-6-22(31)16-32-26-15-25-20(13-23(26)28)14-24(29-25)19-10-17-7-8-21(27)12-18(17)11-19;2-1-3/h7-8,10,12-15,29H,4-6,9,11,16H2,1-3H3;1H,(H,2,3)/q+1;/p-1. The fourth-order valence-corrected chi connectivity index (χ4v) is 4.68. The minimum atomic E-state index is -0.500. The zero-order valence-electron chi connectivity index (χ0n) is 20.2. The summed E-state index contributed by atoms with van der Waals surface area (Å²) >= 11 is 10.0. The molecule has 0 radical (unpaired) electrons. The Morgan fingerprint density at radius 1 is 1.20 bits per heavy atom. The van der Waals surface area contributed by atoms with E-state index < -0.39 is 6.47 Å². The van der Waals surface area contributed by atoms with E-state index >= 15 is 0 Å². The van der Waals surface area contributed by atoms with Crippen molar-refractivity contribution in [1.82, 2.24) is 4.98 Å². The molecule has 8 heteroatoms. The van der Waals surface area contributed by atoms with Gasteiger partial charge in [0.25, 0.3) is 0 Å². The first-order chi connectivity index (χ1) is 16.6. The summed E-state index contributed by atoms with van der Waals surface area (Å²) in [4.78, 5) is 24.0. The number of unbranched alkanes of at least 4 members (excludes halogenated alkanes) is 1. The SMILES string of the molecule is C[N+](C)(C)CCCCC(=O)COc1cc2[nH]c(C3=Cc4ccc(Br)cc4C3)cc2cc1Cl.O=C[O-]. The molecular weight excluding hydrogens is 532 g/mol. The van der Waals surface area contributed by atoms with Crippen LogP contribution in [0.1, 0.15) is 36.1 Å². The van der Waals surface area contributed by atoms with E-state index in [-0.39, 0.29) is 12.4 Å². The molecule has 1 aliphatic rings. The number of rotatable bonds is 9. The number of carbonyl (C=O) groups excluding carboxylic acids is 2. The lowest BCUT2D eigenvalue weighted by molar-refractivity contribution is -0.870. The largest absolute Gasteiger partial charge is 0.554 e. The molecule has 0 atom stereocenters. The molecule has 2 aromatic carbocycles. The molecule has 1 N–H and O–H groups in total. The fraction of sp³-hybridized carbons (Fsp3) is 0.333. The summed E-state index contributed by atoms with van der Waals surface area (Å²) in [6.45, 7) is 0.614. The van der Waals surface area contributed by atoms with E-state index in [1.54, 1.807) is 0 Å². The Morgan fingerprint density at radius 2 is 1.94 bits per heavy atom. The van der Waals surface area contributed by atoms with E-state index in [9.17, 15) is 4.79 Å². The van der Waals surface area contributed by atoms with Crippen LogP contribution < -0.4 is 9.84 Å². The highest BCUT2D eigenvalue weighted by atomic mass is 79.9. The average molecular weight is 562 g/mol. The number of carboxylic acid groups (broad SMARTS) is 1. The zero-order chi connectivity index (χ0) is 25.6. The predicted molar refractivity (Wildman–Crippen MR) is 142 cm³/mol. The fourth-order valence-electron chi connectivity index (χ4n) is 4.04. The Bertz CT molecular complexity index is 1240. The molecule has 0 aliphatic heterocycles. The number of ether oxygens (including phenoxy) is 1. The summed E-state index contributed by atoms with van der Waals surface area (Å²) < 4.78 is 7.79. The lowest BCUT2D eigenvalue weighted by atomic mass is 10.1. The van der Waals surface area contributed by atoms with Crippen molar-refractivity contribution in [2.75, 3.05) is 34.3 Å². The van der Waals surface area contributed by atoms with Crippen molar-refractivity contribution in [2.24, 2.45) is 0 Å². The van der Waals surface area contributed by atoms with Crippen LogP contribution in [0.5, 0.6) is 5.75 Å². The van der Waals surface area contributed by atoms with Gasteiger partial charge in [-0.1, -0.05) is 33.6 Å². The van der Waals surface area contributed by atoms with Crippen LogP contribution >= 0.6 is 27.5 Å². The number of quaternary nitrogens is 1. The molecule has 35 heavy (non-hydrogen) atoms. The molecule has 4 rings (SSSR count). The van der Waals surface area contributed by atoms with Crippen molar-refractivity contribution in [2.45, 2.75) is 25.7 Å². The van der Waals surface area contributed by atoms with E-state index in [4.69, 9.17) is 26.2 Å². The molecule has 3 aromatic rings. The first-order valence-electron chi connectivity index (χ1n) is 11.4. The van der Waals surface area contributed by atoms with Gasteiger partial charge >= 0.3 is 0 Å². The minimum absolute atomic E-state index is 0.0541. The number of aromatic nitrogens is 1. The Hall–Kier alpha value is -2.61. The van der Waals surface area contributed by atoms with Crippen LogP contribution in [-0.4, -0.2) is 56.0 Å². The van der Waals surface area contributed by atoms with Crippen molar-refractivity contribution in [3.8, 4) is 5.75 Å². The number of benzene rings is 2. The third-order valence-corrected chi connectivity index (χ3v) is 6.55. The molecule has 0 saturated carbocycles. The lowest BCUT2D eigenvalue weighted by Crippen LogP contribution is -2.35. The van der Waals surface area contributed by atoms with Gasteiger partial charge < -0.3 is 24.1 Å². The Kier molecular flexibility index (Phi) is 9.16. The lowest BCUT2D eigenvalue weighted by Gasteiger charge is -2.23. The molecule has 1 heterocycles. The highest BCUT2D eigenvalue weighted by molar-refractivity contribution is 9.10. The first-order valence-corrected chi connectivity index (χ1v) is 12.6. The number of hydrogen-bond acceptors (Lipinski definition) is 4. The van der Waals surface area contributed by atoms with E-state index in [2.05, 4.69) is 72.4 Å². The molecule has 0 amide bonds. The third-order valence-electron chi connectivity index (χ3n) is 5.76. The Morgan fingerprint density at radius 3 is 2.66 bits per heavy atom. The molecular formula is C27H30BrClN2O4. The second kappa shape index (κ2) is 11.9. The topological polar surface area (TPSA) is 82.2 Å². The Labute approximate surface area is 219 Å². The number of nitrogens with one attached hydrogen (secondary N) is 1. The van der Waals surface area contributed by atoms with Gasteiger partial charge in [0, 0.05) is 46.4 Å². The molecule has 1 aromatic heterocycles. The normalized spacial score (nSPS) is 12.5. The van der Waals surface area contributed by atoms with Crippen LogP contribution in [-0.2, 0) is 16.0 Å². The van der Waals surface area contributed by atoms with E-state index in [1.807, 2.05) is 12.1 Å². The van der Waals surface area contributed by atoms with Gasteiger partial charge in [-0.15, -0.1) is 0 Å². The third kappa shape index (κ3) is 7.69. The Balaban J connectivity index is 0.00000108. The van der Waals surface area contributed by atoms with Gasteiger partial charge in [0.2, 0.25) is 0 Å². The number of H-pyrrole nitrogens is 1. The maximum Gasteiger partial charge on any atom is 0.170 e. The molecule has 186 valence electrons. The maximum atomic E-state index is 12.2. The maximum absolute atomic E-state index is 12.2. The number of halogens is 2. The number of ketones is 1. The van der Waals surface area contributed by atoms with Gasteiger partial charge in [-0.3, -0.25) is 4.79 Å². The quantitative estimate of drug-likeness (QED) is 0.230. The molecule has 0 saturated heterocycles. The van der Waals surface area contributed by atoms with Crippen molar-refractivity contribution in [3.63, 3.8) is 0 Å². The summed E-state index contributed by atoms with van der Waals surface area (Å²) in [6.07, 6.45) is 5.57. The van der Waals surface area contributed by atoms with Crippen LogP contribution in [0, 0.1) is 0 Å². The molecule has 6 nitrogen and oxygen atoms in total. The number of hydrogen-bond donors (Lipinski definition) is 1. The van der Waals surface area contributed by atoms with Gasteiger partial charge in [-0.25, -0.2) is 0 Å². The highest BCUT2D eigenvalue weighted by Gasteiger charge is 2.17. The van der Waals surface area contributed by atoms with Crippen molar-refractivity contribution >= 4 is 62.3 Å². The monoisotopic (exact) mass is 560 g/mol. The summed E-state index contributed by atoms with van der Waals surface area (Å²) in [6, 6.07) is 12.3. The van der Waals surface area contributed by atoms with Crippen LogP contribution in [0.15, 0.2) is 40.9 Å². The summed E-state index contributed by atoms with van der Waals surface area (Å²) in [5.74, 6) is 0.648. The van der Waals surface area contributed by atoms with Crippen molar-refractivity contribution < 1.29 is 23.9 Å². The number of fused-ring (bicyclic) bond motifs is 2. The van der Waals surface area contributed by atoms with E-state index in [0.717, 1.165) is 51.4 Å². The molecule has 0 unspecified atom stereocenters. The molecule has 0 spiro atoms. The average Bonchev–Trinajstić information content (AvgIpc) is 3.38. The van der Waals surface area contributed by atoms with Crippen molar-refractivity contribution in [1.29, 1.82) is 0 Å². The van der Waals surface area contributed by atoms with Crippen LogP contribution in [0.3, 0.4) is 0 Å². The second-order valence-corrected chi connectivity index (χ2v) is 11.0. The first kappa shape index (κ1) is 27.0. The highest BCUT2D eigenvalue weighted by Crippen LogP contribution is 2.36. The zero-order valence-corrected chi connectivity index (χ0v) is 22.5. The number of Topliss-reactive ketones (excluding diaryl/α,β-unsaturated/α-hetero) is 1. The number of carbonyl (C=O) groups is 2. The van der Waals surface area contributed by atoms with Crippen LogP contribution in [0.2, 0.25) is 5.02 Å². The summed E-state index contributed by atoms with van der Waals surface area (Å²) in [5.41, 5.74) is 5.84. The predicted octanol–water partition coefficient (Wildman–Crippen LogP) is 4.87. The molecule has 0 bridgehead atoms. The van der Waals surface area contributed by atoms with Gasteiger partial charge in [-0.05, 0) is 59.9 Å². The van der Waals surface area contributed by atoms with Gasteiger partial charge in [0.05, 0.1) is 32.7 Å².